The average Bonchev–Trinajstić information content (AvgIpc) is 2.49. The van der Waals surface area contributed by atoms with Crippen molar-refractivity contribution < 1.29 is 13.5 Å². The lowest BCUT2D eigenvalue weighted by molar-refractivity contribution is 0.168. The van der Waals surface area contributed by atoms with Crippen LogP contribution in [0.2, 0.25) is 0 Å². The second-order valence-electron chi connectivity index (χ2n) is 6.65. The maximum absolute atomic E-state index is 12.4. The van der Waals surface area contributed by atoms with Crippen molar-refractivity contribution in [2.75, 3.05) is 19.7 Å². The molecule has 0 aromatic heterocycles. The van der Waals surface area contributed by atoms with E-state index in [1.54, 1.807) is 4.31 Å². The molecule has 21 heavy (non-hydrogen) atoms. The Labute approximate surface area is 129 Å². The van der Waals surface area contributed by atoms with E-state index in [4.69, 9.17) is 5.11 Å². The summed E-state index contributed by atoms with van der Waals surface area (Å²) in [4.78, 5) is 0. The van der Waals surface area contributed by atoms with E-state index in [0.29, 0.717) is 13.1 Å². The van der Waals surface area contributed by atoms with E-state index >= 15 is 0 Å². The third kappa shape index (κ3) is 4.91. The van der Waals surface area contributed by atoms with Gasteiger partial charge in [-0.3, -0.25) is 0 Å². The molecule has 0 aromatic carbocycles. The van der Waals surface area contributed by atoms with E-state index in [2.05, 4.69) is 11.6 Å². The zero-order valence-corrected chi connectivity index (χ0v) is 13.9. The van der Waals surface area contributed by atoms with E-state index in [0.717, 1.165) is 44.4 Å². The zero-order chi connectivity index (χ0) is 15.3. The Morgan fingerprint density at radius 1 is 1.05 bits per heavy atom. The number of hydrogen-bond donors (Lipinski definition) is 2. The Morgan fingerprint density at radius 2 is 1.67 bits per heavy atom. The molecule has 0 aromatic rings. The van der Waals surface area contributed by atoms with E-state index in [-0.39, 0.29) is 18.6 Å². The first kappa shape index (κ1) is 17.2. The fourth-order valence-corrected chi connectivity index (χ4v) is 5.09. The Morgan fingerprint density at radius 3 is 2.19 bits per heavy atom. The lowest BCUT2D eigenvalue weighted by atomic mass is 9.84. The first-order valence-corrected chi connectivity index (χ1v) is 9.87. The van der Waals surface area contributed by atoms with Crippen LogP contribution in [0.3, 0.4) is 0 Å². The molecule has 1 aliphatic carbocycles. The van der Waals surface area contributed by atoms with Crippen molar-refractivity contribution in [3.8, 4) is 0 Å². The molecule has 2 rings (SSSR count). The van der Waals surface area contributed by atoms with Gasteiger partial charge in [0.1, 0.15) is 0 Å². The van der Waals surface area contributed by atoms with Gasteiger partial charge in [-0.05, 0) is 50.4 Å². The summed E-state index contributed by atoms with van der Waals surface area (Å²) < 4.78 is 29.3. The SMILES string of the molecule is CCCC1CCC(NS(=O)(=O)N2CCC(CO)CC2)CC1. The van der Waals surface area contributed by atoms with Crippen LogP contribution in [0.1, 0.15) is 58.3 Å². The minimum absolute atomic E-state index is 0.110. The number of aliphatic hydroxyl groups is 1. The highest BCUT2D eigenvalue weighted by atomic mass is 32.2. The number of hydrogen-bond acceptors (Lipinski definition) is 3. The van der Waals surface area contributed by atoms with Crippen molar-refractivity contribution >= 4 is 10.2 Å². The van der Waals surface area contributed by atoms with Gasteiger partial charge in [0.2, 0.25) is 0 Å². The van der Waals surface area contributed by atoms with Crippen LogP contribution in [0.4, 0.5) is 0 Å². The van der Waals surface area contributed by atoms with Gasteiger partial charge in [-0.1, -0.05) is 19.8 Å². The molecule has 124 valence electrons. The lowest BCUT2D eigenvalue weighted by Gasteiger charge is -2.34. The first-order chi connectivity index (χ1) is 10.0. The molecular weight excluding hydrogens is 288 g/mol. The Bertz CT molecular complexity index is 397. The fraction of sp³-hybridized carbons (Fsp3) is 1.00. The van der Waals surface area contributed by atoms with Gasteiger partial charge < -0.3 is 5.11 Å². The van der Waals surface area contributed by atoms with Gasteiger partial charge in [-0.25, -0.2) is 0 Å². The molecule has 6 heteroatoms. The predicted molar refractivity (Wildman–Crippen MR) is 84.1 cm³/mol. The molecule has 2 fully saturated rings. The topological polar surface area (TPSA) is 69.6 Å². The summed E-state index contributed by atoms with van der Waals surface area (Å²) in [5, 5.41) is 9.13. The monoisotopic (exact) mass is 318 g/mol. The second-order valence-corrected chi connectivity index (χ2v) is 8.36. The van der Waals surface area contributed by atoms with Crippen LogP contribution in [0.25, 0.3) is 0 Å². The highest BCUT2D eigenvalue weighted by molar-refractivity contribution is 7.87. The third-order valence-corrected chi connectivity index (χ3v) is 6.71. The van der Waals surface area contributed by atoms with Gasteiger partial charge in [-0.2, -0.15) is 17.4 Å². The van der Waals surface area contributed by atoms with Crippen molar-refractivity contribution in [1.82, 2.24) is 9.03 Å². The van der Waals surface area contributed by atoms with Crippen LogP contribution in [0.5, 0.6) is 0 Å². The fourth-order valence-electron chi connectivity index (χ4n) is 3.59. The minimum atomic E-state index is -3.34. The maximum atomic E-state index is 12.4. The maximum Gasteiger partial charge on any atom is 0.279 e. The summed E-state index contributed by atoms with van der Waals surface area (Å²) in [6.45, 7) is 3.45. The highest BCUT2D eigenvalue weighted by Gasteiger charge is 2.31. The number of piperidine rings is 1. The third-order valence-electron chi connectivity index (χ3n) is 5.03. The summed E-state index contributed by atoms with van der Waals surface area (Å²) >= 11 is 0. The molecule has 0 bridgehead atoms. The highest BCUT2D eigenvalue weighted by Crippen LogP contribution is 2.28. The molecule has 0 unspecified atom stereocenters. The summed E-state index contributed by atoms with van der Waals surface area (Å²) in [6, 6.07) is 0.110. The van der Waals surface area contributed by atoms with E-state index in [1.165, 1.54) is 12.8 Å². The van der Waals surface area contributed by atoms with Crippen LogP contribution in [-0.4, -0.2) is 43.6 Å². The van der Waals surface area contributed by atoms with Crippen molar-refractivity contribution in [1.29, 1.82) is 0 Å². The average molecular weight is 318 g/mol. The van der Waals surface area contributed by atoms with E-state index in [1.807, 2.05) is 0 Å². The molecule has 2 N–H and O–H groups in total. The second kappa shape index (κ2) is 7.90. The van der Waals surface area contributed by atoms with E-state index < -0.39 is 10.2 Å². The van der Waals surface area contributed by atoms with Gasteiger partial charge in [0.05, 0.1) is 0 Å². The smallest absolute Gasteiger partial charge is 0.279 e. The molecule has 0 radical (unpaired) electrons. The van der Waals surface area contributed by atoms with Gasteiger partial charge in [0.25, 0.3) is 10.2 Å². The minimum Gasteiger partial charge on any atom is -0.396 e. The van der Waals surface area contributed by atoms with Gasteiger partial charge in [0, 0.05) is 25.7 Å². The summed E-state index contributed by atoms with van der Waals surface area (Å²) in [5.74, 6) is 1.05. The molecular formula is C15H30N2O3S. The standard InChI is InChI=1S/C15H30N2O3S/c1-2-3-13-4-6-15(7-5-13)16-21(19,20)17-10-8-14(12-18)9-11-17/h13-16,18H,2-12H2,1H3. The number of nitrogens with zero attached hydrogens (tertiary/aromatic N) is 1. The number of rotatable bonds is 6. The Kier molecular flexibility index (Phi) is 6.47. The molecule has 0 spiro atoms. The molecule has 1 aliphatic heterocycles. The molecule has 1 saturated carbocycles. The van der Waals surface area contributed by atoms with Crippen molar-refractivity contribution in [3.05, 3.63) is 0 Å². The zero-order valence-electron chi connectivity index (χ0n) is 13.1. The Balaban J connectivity index is 1.79. The largest absolute Gasteiger partial charge is 0.396 e. The normalized spacial score (nSPS) is 29.6. The first-order valence-electron chi connectivity index (χ1n) is 8.43. The molecule has 0 atom stereocenters. The van der Waals surface area contributed by atoms with Crippen LogP contribution in [0, 0.1) is 11.8 Å². The molecule has 0 amide bonds. The molecule has 1 saturated heterocycles. The van der Waals surface area contributed by atoms with Crippen LogP contribution in [-0.2, 0) is 10.2 Å². The van der Waals surface area contributed by atoms with Crippen molar-refractivity contribution in [2.24, 2.45) is 11.8 Å². The van der Waals surface area contributed by atoms with Crippen LogP contribution in [0.15, 0.2) is 0 Å². The van der Waals surface area contributed by atoms with Crippen molar-refractivity contribution in [2.45, 2.75) is 64.3 Å². The quantitative estimate of drug-likeness (QED) is 0.785. The molecule has 5 nitrogen and oxygen atoms in total. The van der Waals surface area contributed by atoms with Gasteiger partial charge in [-0.15, -0.1) is 0 Å². The summed E-state index contributed by atoms with van der Waals surface area (Å²) in [5.41, 5.74) is 0. The van der Waals surface area contributed by atoms with Crippen molar-refractivity contribution in [3.63, 3.8) is 0 Å². The predicted octanol–water partition coefficient (Wildman–Crippen LogP) is 1.88. The van der Waals surface area contributed by atoms with Crippen LogP contribution >= 0.6 is 0 Å². The molecule has 1 heterocycles. The lowest BCUT2D eigenvalue weighted by Crippen LogP contribution is -2.49. The summed E-state index contributed by atoms with van der Waals surface area (Å²) in [7, 11) is -3.34. The Hall–Kier alpha value is -0.170. The number of aliphatic hydroxyl groups excluding tert-OH is 1. The van der Waals surface area contributed by atoms with Gasteiger partial charge in [0.15, 0.2) is 0 Å². The van der Waals surface area contributed by atoms with Gasteiger partial charge >= 0.3 is 0 Å². The van der Waals surface area contributed by atoms with E-state index in [9.17, 15) is 8.42 Å². The number of nitrogens with one attached hydrogen (secondary N) is 1. The molecule has 2 aliphatic rings. The summed E-state index contributed by atoms with van der Waals surface area (Å²) in [6.07, 6.45) is 8.26. The van der Waals surface area contributed by atoms with Crippen LogP contribution < -0.4 is 4.72 Å².